The minimum atomic E-state index is -2.55. The van der Waals surface area contributed by atoms with Gasteiger partial charge in [0.2, 0.25) is 0 Å². The van der Waals surface area contributed by atoms with E-state index in [9.17, 15) is 5.11 Å². The monoisotopic (exact) mass is 474 g/mol. The molecular weight excluding hydrogens is 436 g/mol. The molecule has 0 aromatic heterocycles. The number of aliphatic hydroxyl groups excluding tert-OH is 1. The van der Waals surface area contributed by atoms with Gasteiger partial charge in [0, 0.05) is 6.61 Å². The minimum Gasteiger partial charge on any atom is -0.407 e. The zero-order chi connectivity index (χ0) is 24.4. The highest BCUT2D eigenvalue weighted by molar-refractivity contribution is 6.99. The number of ether oxygens (including phenoxy) is 1. The molecule has 180 valence electrons. The van der Waals surface area contributed by atoms with Crippen LogP contribution in [0.3, 0.4) is 0 Å². The Hall–Kier alpha value is -2.50. The van der Waals surface area contributed by atoms with Gasteiger partial charge < -0.3 is 14.3 Å². The molecule has 4 heteroatoms. The number of benzene rings is 3. The zero-order valence-corrected chi connectivity index (χ0v) is 21.7. The van der Waals surface area contributed by atoms with Gasteiger partial charge in [-0.3, -0.25) is 0 Å². The Morgan fingerprint density at radius 3 is 1.82 bits per heavy atom. The van der Waals surface area contributed by atoms with E-state index in [4.69, 9.17) is 9.16 Å². The van der Waals surface area contributed by atoms with Crippen LogP contribution in [0.2, 0.25) is 5.04 Å². The normalized spacial score (nSPS) is 13.9. The molecule has 2 atom stereocenters. The van der Waals surface area contributed by atoms with Crippen molar-refractivity contribution in [2.75, 3.05) is 6.61 Å². The number of aliphatic hydroxyl groups is 1. The Morgan fingerprint density at radius 2 is 1.35 bits per heavy atom. The molecule has 0 aliphatic rings. The summed E-state index contributed by atoms with van der Waals surface area (Å²) in [6, 6.07) is 31.4. The summed E-state index contributed by atoms with van der Waals surface area (Å²) < 4.78 is 13.1. The molecule has 0 fully saturated rings. The van der Waals surface area contributed by atoms with Crippen molar-refractivity contribution in [1.82, 2.24) is 0 Å². The third-order valence-electron chi connectivity index (χ3n) is 6.30. The molecule has 0 heterocycles. The Labute approximate surface area is 206 Å². The zero-order valence-electron chi connectivity index (χ0n) is 20.7. The van der Waals surface area contributed by atoms with Crippen molar-refractivity contribution in [3.05, 3.63) is 109 Å². The Bertz CT molecular complexity index is 944. The first kappa shape index (κ1) is 26.1. The summed E-state index contributed by atoms with van der Waals surface area (Å²) in [6.45, 7) is 11.7. The fourth-order valence-electron chi connectivity index (χ4n) is 4.55. The van der Waals surface area contributed by atoms with Crippen LogP contribution in [0.5, 0.6) is 0 Å². The summed E-state index contributed by atoms with van der Waals surface area (Å²) in [5, 5.41) is 13.0. The van der Waals surface area contributed by atoms with E-state index >= 15 is 0 Å². The summed E-state index contributed by atoms with van der Waals surface area (Å²) in [4.78, 5) is 0. The molecule has 34 heavy (non-hydrogen) atoms. The second kappa shape index (κ2) is 12.3. The average Bonchev–Trinajstić information content (AvgIpc) is 2.86. The quantitative estimate of drug-likeness (QED) is 0.215. The fourth-order valence-corrected chi connectivity index (χ4v) is 9.16. The van der Waals surface area contributed by atoms with Gasteiger partial charge in [0.1, 0.15) is 0 Å². The summed E-state index contributed by atoms with van der Waals surface area (Å²) >= 11 is 0. The van der Waals surface area contributed by atoms with Crippen LogP contribution in [0.1, 0.15) is 39.2 Å². The molecular formula is C30H38O3Si. The average molecular weight is 475 g/mol. The molecule has 0 saturated carbocycles. The minimum absolute atomic E-state index is 0.0560. The van der Waals surface area contributed by atoms with Gasteiger partial charge in [0.15, 0.2) is 0 Å². The molecule has 0 spiro atoms. The van der Waals surface area contributed by atoms with E-state index in [1.807, 2.05) is 30.3 Å². The Balaban J connectivity index is 1.75. The smallest absolute Gasteiger partial charge is 0.261 e. The standard InChI is InChI=1S/C30H38O3Si/c1-5-28(31)29(32-24-25-16-9-6-10-17-25)22-15-23-33-34(30(2,3)4,26-18-11-7-12-19-26)27-20-13-8-14-21-27/h5-14,16-21,28-29,31H,1,15,22-24H2,2-4H3/t28-,29-/m1/s1. The highest BCUT2D eigenvalue weighted by atomic mass is 28.4. The van der Waals surface area contributed by atoms with Gasteiger partial charge >= 0.3 is 0 Å². The van der Waals surface area contributed by atoms with Crippen LogP contribution in [-0.4, -0.2) is 32.2 Å². The summed E-state index contributed by atoms with van der Waals surface area (Å²) in [7, 11) is -2.55. The molecule has 0 aliphatic carbocycles. The van der Waals surface area contributed by atoms with E-state index in [-0.39, 0.29) is 11.1 Å². The van der Waals surface area contributed by atoms with Crippen LogP contribution in [0, 0.1) is 0 Å². The van der Waals surface area contributed by atoms with Gasteiger partial charge in [-0.15, -0.1) is 6.58 Å². The van der Waals surface area contributed by atoms with Crippen LogP contribution in [-0.2, 0) is 15.8 Å². The predicted molar refractivity (Wildman–Crippen MR) is 144 cm³/mol. The van der Waals surface area contributed by atoms with E-state index in [0.717, 1.165) is 12.0 Å². The van der Waals surface area contributed by atoms with Crippen molar-refractivity contribution in [2.45, 2.75) is 57.5 Å². The molecule has 0 saturated heterocycles. The maximum absolute atomic E-state index is 10.5. The lowest BCUT2D eigenvalue weighted by atomic mass is 10.1. The second-order valence-electron chi connectivity index (χ2n) is 9.72. The van der Waals surface area contributed by atoms with Gasteiger partial charge in [-0.1, -0.05) is 118 Å². The first-order chi connectivity index (χ1) is 16.4. The van der Waals surface area contributed by atoms with Crippen LogP contribution < -0.4 is 10.4 Å². The SMILES string of the molecule is C=C[C@@H](O)[C@@H](CCCO[Si](c1ccccc1)(c1ccccc1)C(C)(C)C)OCc1ccccc1. The Kier molecular flexibility index (Phi) is 9.42. The number of hydrogen-bond donors (Lipinski definition) is 1. The lowest BCUT2D eigenvalue weighted by Crippen LogP contribution is -2.66. The van der Waals surface area contributed by atoms with E-state index in [2.05, 4.69) is 88.0 Å². The van der Waals surface area contributed by atoms with Gasteiger partial charge in [0.25, 0.3) is 8.32 Å². The molecule has 0 unspecified atom stereocenters. The highest BCUT2D eigenvalue weighted by Crippen LogP contribution is 2.36. The molecule has 3 nitrogen and oxygen atoms in total. The lowest BCUT2D eigenvalue weighted by Gasteiger charge is -2.43. The van der Waals surface area contributed by atoms with E-state index < -0.39 is 14.4 Å². The van der Waals surface area contributed by atoms with Gasteiger partial charge in [0.05, 0.1) is 18.8 Å². The number of rotatable bonds is 12. The second-order valence-corrected chi connectivity index (χ2v) is 14.0. The molecule has 0 aliphatic heterocycles. The third kappa shape index (κ3) is 6.33. The molecule has 0 bridgehead atoms. The van der Waals surface area contributed by atoms with E-state index in [1.54, 1.807) is 6.08 Å². The van der Waals surface area contributed by atoms with Gasteiger partial charge in [-0.2, -0.15) is 0 Å². The predicted octanol–water partition coefficient (Wildman–Crippen LogP) is 5.48. The largest absolute Gasteiger partial charge is 0.407 e. The van der Waals surface area contributed by atoms with Crippen molar-refractivity contribution >= 4 is 18.7 Å². The van der Waals surface area contributed by atoms with Gasteiger partial charge in [-0.05, 0) is 33.8 Å². The maximum atomic E-state index is 10.5. The molecule has 0 radical (unpaired) electrons. The first-order valence-electron chi connectivity index (χ1n) is 12.1. The highest BCUT2D eigenvalue weighted by Gasteiger charge is 2.49. The maximum Gasteiger partial charge on any atom is 0.261 e. The van der Waals surface area contributed by atoms with Gasteiger partial charge in [-0.25, -0.2) is 0 Å². The fraction of sp³-hybridized carbons (Fsp3) is 0.333. The first-order valence-corrected chi connectivity index (χ1v) is 14.0. The lowest BCUT2D eigenvalue weighted by molar-refractivity contribution is -0.0332. The molecule has 0 amide bonds. The molecule has 3 rings (SSSR count). The van der Waals surface area contributed by atoms with Crippen molar-refractivity contribution in [2.24, 2.45) is 0 Å². The van der Waals surface area contributed by atoms with Crippen LogP contribution in [0.25, 0.3) is 0 Å². The summed E-state index contributed by atoms with van der Waals surface area (Å²) in [5.74, 6) is 0. The molecule has 3 aromatic carbocycles. The van der Waals surface area contributed by atoms with E-state index in [0.29, 0.717) is 19.6 Å². The number of hydrogen-bond acceptors (Lipinski definition) is 3. The van der Waals surface area contributed by atoms with Crippen LogP contribution in [0.4, 0.5) is 0 Å². The molecule has 1 N–H and O–H groups in total. The topological polar surface area (TPSA) is 38.7 Å². The van der Waals surface area contributed by atoms with Crippen molar-refractivity contribution in [1.29, 1.82) is 0 Å². The summed E-state index contributed by atoms with van der Waals surface area (Å²) in [5.41, 5.74) is 1.09. The van der Waals surface area contributed by atoms with Crippen molar-refractivity contribution in [3.63, 3.8) is 0 Å². The third-order valence-corrected chi connectivity index (χ3v) is 11.3. The van der Waals surface area contributed by atoms with Crippen molar-refractivity contribution in [3.8, 4) is 0 Å². The van der Waals surface area contributed by atoms with Crippen molar-refractivity contribution < 1.29 is 14.3 Å². The van der Waals surface area contributed by atoms with Crippen LogP contribution in [0.15, 0.2) is 104 Å². The van der Waals surface area contributed by atoms with E-state index in [1.165, 1.54) is 10.4 Å². The summed E-state index contributed by atoms with van der Waals surface area (Å²) in [6.07, 6.45) is 2.00. The Morgan fingerprint density at radius 1 is 0.853 bits per heavy atom. The van der Waals surface area contributed by atoms with Crippen LogP contribution >= 0.6 is 0 Å². The molecule has 3 aromatic rings.